The molecule has 1 aliphatic carbocycles. The van der Waals surface area contributed by atoms with Gasteiger partial charge in [-0.05, 0) is 41.8 Å². The van der Waals surface area contributed by atoms with Crippen LogP contribution in [-0.4, -0.2) is 6.54 Å². The summed E-state index contributed by atoms with van der Waals surface area (Å²) in [6, 6.07) is 8.67. The Balaban J connectivity index is 2.31. The van der Waals surface area contributed by atoms with Gasteiger partial charge in [0.05, 0.1) is 0 Å². The highest BCUT2D eigenvalue weighted by molar-refractivity contribution is 5.37. The fourth-order valence-corrected chi connectivity index (χ4v) is 2.74. The molecular formula is C13H19N. The third-order valence-corrected chi connectivity index (χ3v) is 3.83. The lowest BCUT2D eigenvalue weighted by molar-refractivity contribution is 0.558. The summed E-state index contributed by atoms with van der Waals surface area (Å²) in [5.74, 6) is 1.34. The molecular weight excluding hydrogens is 170 g/mol. The zero-order chi connectivity index (χ0) is 10.3. The van der Waals surface area contributed by atoms with Crippen LogP contribution in [0.25, 0.3) is 0 Å². The Morgan fingerprint density at radius 2 is 1.93 bits per heavy atom. The normalized spacial score (nSPS) is 28.9. The van der Waals surface area contributed by atoms with Crippen molar-refractivity contribution in [3.63, 3.8) is 0 Å². The molecule has 0 spiro atoms. The van der Waals surface area contributed by atoms with Crippen LogP contribution in [0.3, 0.4) is 0 Å². The highest BCUT2D eigenvalue weighted by Gasteiger charge is 2.57. The molecule has 0 unspecified atom stereocenters. The molecule has 1 aliphatic rings. The Hall–Kier alpha value is -0.820. The average molecular weight is 189 g/mol. The molecule has 1 aromatic carbocycles. The molecule has 76 valence electrons. The second-order valence-electron chi connectivity index (χ2n) is 5.00. The van der Waals surface area contributed by atoms with Gasteiger partial charge in [0.1, 0.15) is 0 Å². The summed E-state index contributed by atoms with van der Waals surface area (Å²) in [6.07, 6.45) is 0. The van der Waals surface area contributed by atoms with Crippen molar-refractivity contribution < 1.29 is 0 Å². The number of hydrogen-bond acceptors (Lipinski definition) is 1. The number of rotatable bonds is 2. The molecule has 0 heterocycles. The van der Waals surface area contributed by atoms with Crippen molar-refractivity contribution in [1.82, 2.24) is 0 Å². The van der Waals surface area contributed by atoms with E-state index in [9.17, 15) is 0 Å². The van der Waals surface area contributed by atoms with Gasteiger partial charge in [0.15, 0.2) is 0 Å². The van der Waals surface area contributed by atoms with Crippen molar-refractivity contribution in [3.8, 4) is 0 Å². The largest absolute Gasteiger partial charge is 0.330 e. The maximum Gasteiger partial charge on any atom is -0.00375 e. The number of benzene rings is 1. The van der Waals surface area contributed by atoms with Gasteiger partial charge in [-0.1, -0.05) is 38.1 Å². The predicted octanol–water partition coefficient (Wildman–Crippen LogP) is 2.69. The van der Waals surface area contributed by atoms with E-state index in [0.717, 1.165) is 6.54 Å². The van der Waals surface area contributed by atoms with E-state index >= 15 is 0 Å². The van der Waals surface area contributed by atoms with E-state index in [-0.39, 0.29) is 0 Å². The van der Waals surface area contributed by atoms with E-state index in [4.69, 9.17) is 5.73 Å². The standard InChI is InChI=1S/C13H19N/c1-9-6-4-5-7-10(9)12-11(8-14)13(12,2)3/h4-7,11-12H,8,14H2,1-3H3/t11-,12-/m1/s1. The van der Waals surface area contributed by atoms with Gasteiger partial charge < -0.3 is 5.73 Å². The van der Waals surface area contributed by atoms with Gasteiger partial charge in [-0.2, -0.15) is 0 Å². The molecule has 0 saturated heterocycles. The van der Waals surface area contributed by atoms with Gasteiger partial charge in [0.2, 0.25) is 0 Å². The molecule has 1 heteroatoms. The predicted molar refractivity (Wildman–Crippen MR) is 60.2 cm³/mol. The minimum absolute atomic E-state index is 0.404. The molecule has 0 aliphatic heterocycles. The lowest BCUT2D eigenvalue weighted by atomic mass is 9.99. The van der Waals surface area contributed by atoms with Crippen LogP contribution in [0.2, 0.25) is 0 Å². The quantitative estimate of drug-likeness (QED) is 0.760. The van der Waals surface area contributed by atoms with Gasteiger partial charge in [-0.3, -0.25) is 0 Å². The Kier molecular flexibility index (Phi) is 2.15. The molecule has 1 nitrogen and oxygen atoms in total. The summed E-state index contributed by atoms with van der Waals surface area (Å²) in [7, 11) is 0. The molecule has 14 heavy (non-hydrogen) atoms. The first-order valence-electron chi connectivity index (χ1n) is 5.34. The average Bonchev–Trinajstić information content (AvgIpc) is 2.69. The van der Waals surface area contributed by atoms with Crippen LogP contribution < -0.4 is 5.73 Å². The molecule has 1 aromatic rings. The third-order valence-electron chi connectivity index (χ3n) is 3.83. The van der Waals surface area contributed by atoms with Crippen molar-refractivity contribution in [3.05, 3.63) is 35.4 Å². The molecule has 0 aromatic heterocycles. The van der Waals surface area contributed by atoms with Crippen LogP contribution in [0, 0.1) is 18.3 Å². The van der Waals surface area contributed by atoms with Crippen LogP contribution in [0.5, 0.6) is 0 Å². The van der Waals surface area contributed by atoms with Crippen molar-refractivity contribution in [2.75, 3.05) is 6.54 Å². The van der Waals surface area contributed by atoms with Gasteiger partial charge in [0, 0.05) is 0 Å². The summed E-state index contributed by atoms with van der Waals surface area (Å²) in [4.78, 5) is 0. The number of hydrogen-bond donors (Lipinski definition) is 1. The zero-order valence-electron chi connectivity index (χ0n) is 9.25. The molecule has 1 saturated carbocycles. The zero-order valence-corrected chi connectivity index (χ0v) is 9.25. The smallest absolute Gasteiger partial charge is 0.00375 e. The van der Waals surface area contributed by atoms with Crippen molar-refractivity contribution in [2.24, 2.45) is 17.1 Å². The SMILES string of the molecule is Cc1ccccc1[C@@H]1[C@@H](CN)C1(C)C. The topological polar surface area (TPSA) is 26.0 Å². The van der Waals surface area contributed by atoms with Gasteiger partial charge in [0.25, 0.3) is 0 Å². The fraction of sp³-hybridized carbons (Fsp3) is 0.538. The molecule has 0 radical (unpaired) electrons. The van der Waals surface area contributed by atoms with Gasteiger partial charge >= 0.3 is 0 Å². The Bertz CT molecular complexity index is 341. The van der Waals surface area contributed by atoms with Crippen LogP contribution in [-0.2, 0) is 0 Å². The van der Waals surface area contributed by atoms with E-state index in [1.165, 1.54) is 11.1 Å². The Labute approximate surface area is 86.3 Å². The molecule has 2 rings (SSSR count). The van der Waals surface area contributed by atoms with Crippen LogP contribution in [0.15, 0.2) is 24.3 Å². The molecule has 2 atom stereocenters. The monoisotopic (exact) mass is 189 g/mol. The summed E-state index contributed by atoms with van der Waals surface area (Å²) >= 11 is 0. The van der Waals surface area contributed by atoms with Crippen LogP contribution >= 0.6 is 0 Å². The summed E-state index contributed by atoms with van der Waals surface area (Å²) in [6.45, 7) is 7.65. The molecule has 2 N–H and O–H groups in total. The summed E-state index contributed by atoms with van der Waals surface area (Å²) < 4.78 is 0. The minimum Gasteiger partial charge on any atom is -0.330 e. The second-order valence-corrected chi connectivity index (χ2v) is 5.00. The second kappa shape index (κ2) is 3.09. The molecule has 0 amide bonds. The van der Waals surface area contributed by atoms with E-state index in [1.54, 1.807) is 0 Å². The van der Waals surface area contributed by atoms with Gasteiger partial charge in [-0.15, -0.1) is 0 Å². The van der Waals surface area contributed by atoms with Crippen LogP contribution in [0.4, 0.5) is 0 Å². The first-order chi connectivity index (χ1) is 6.59. The highest BCUT2D eigenvalue weighted by Crippen LogP contribution is 2.64. The minimum atomic E-state index is 0.404. The Morgan fingerprint density at radius 3 is 2.43 bits per heavy atom. The van der Waals surface area contributed by atoms with Crippen molar-refractivity contribution in [2.45, 2.75) is 26.7 Å². The lowest BCUT2D eigenvalue weighted by Crippen LogP contribution is -2.05. The molecule has 1 fully saturated rings. The highest BCUT2D eigenvalue weighted by atomic mass is 14.7. The first kappa shape index (κ1) is 9.72. The lowest BCUT2D eigenvalue weighted by Gasteiger charge is -2.06. The van der Waals surface area contributed by atoms with Crippen molar-refractivity contribution >= 4 is 0 Å². The van der Waals surface area contributed by atoms with Crippen LogP contribution in [0.1, 0.15) is 30.9 Å². The van der Waals surface area contributed by atoms with Crippen molar-refractivity contribution in [1.29, 1.82) is 0 Å². The summed E-state index contributed by atoms with van der Waals surface area (Å²) in [5, 5.41) is 0. The third kappa shape index (κ3) is 1.27. The maximum atomic E-state index is 5.79. The number of nitrogens with two attached hydrogens (primary N) is 1. The maximum absolute atomic E-state index is 5.79. The fourth-order valence-electron chi connectivity index (χ4n) is 2.74. The Morgan fingerprint density at radius 1 is 1.29 bits per heavy atom. The molecule has 0 bridgehead atoms. The van der Waals surface area contributed by atoms with Gasteiger partial charge in [-0.25, -0.2) is 0 Å². The number of aryl methyl sites for hydroxylation is 1. The first-order valence-corrected chi connectivity index (χ1v) is 5.34. The van der Waals surface area contributed by atoms with E-state index in [0.29, 0.717) is 17.3 Å². The summed E-state index contributed by atoms with van der Waals surface area (Å²) in [5.41, 5.74) is 9.09. The van der Waals surface area contributed by atoms with E-state index in [1.807, 2.05) is 0 Å². The van der Waals surface area contributed by atoms with E-state index < -0.39 is 0 Å². The van der Waals surface area contributed by atoms with E-state index in [2.05, 4.69) is 45.0 Å².